The van der Waals surface area contributed by atoms with Crippen LogP contribution in [-0.2, 0) is 13.1 Å². The summed E-state index contributed by atoms with van der Waals surface area (Å²) in [6, 6.07) is 12.0. The Morgan fingerprint density at radius 2 is 1.75 bits per heavy atom. The summed E-state index contributed by atoms with van der Waals surface area (Å²) in [5, 5.41) is 5.25. The second kappa shape index (κ2) is 8.33. The lowest BCUT2D eigenvalue weighted by Crippen LogP contribution is -2.27. The molecule has 146 valence electrons. The SMILES string of the molecule is Cc1nn(Cc2ccc(Cl)cc2)c(C)c1C(=O)N(C)Cc1ccc(F)c(Cl)c1. The summed E-state index contributed by atoms with van der Waals surface area (Å²) in [6.07, 6.45) is 0. The van der Waals surface area contributed by atoms with Gasteiger partial charge >= 0.3 is 0 Å². The van der Waals surface area contributed by atoms with Crippen LogP contribution in [0.4, 0.5) is 4.39 Å². The van der Waals surface area contributed by atoms with Crippen molar-refractivity contribution in [2.45, 2.75) is 26.9 Å². The van der Waals surface area contributed by atoms with E-state index in [1.54, 1.807) is 18.0 Å². The molecule has 3 aromatic rings. The maximum absolute atomic E-state index is 13.3. The lowest BCUT2D eigenvalue weighted by atomic mass is 10.1. The van der Waals surface area contributed by atoms with Crippen molar-refractivity contribution < 1.29 is 9.18 Å². The van der Waals surface area contributed by atoms with Crippen LogP contribution in [0.1, 0.15) is 32.9 Å². The van der Waals surface area contributed by atoms with Gasteiger partial charge in [-0.05, 0) is 49.2 Å². The molecule has 0 N–H and O–H groups in total. The number of rotatable bonds is 5. The predicted octanol–water partition coefficient (Wildman–Crippen LogP) is 5.27. The summed E-state index contributed by atoms with van der Waals surface area (Å²) >= 11 is 11.8. The zero-order valence-corrected chi connectivity index (χ0v) is 17.4. The van der Waals surface area contributed by atoms with Crippen molar-refractivity contribution in [2.75, 3.05) is 7.05 Å². The number of carbonyl (C=O) groups excluding carboxylic acids is 1. The number of hydrogen-bond acceptors (Lipinski definition) is 2. The molecule has 4 nitrogen and oxygen atoms in total. The molecule has 0 aliphatic carbocycles. The fourth-order valence-corrected chi connectivity index (χ4v) is 3.43. The first-order valence-corrected chi connectivity index (χ1v) is 9.49. The van der Waals surface area contributed by atoms with Crippen LogP contribution < -0.4 is 0 Å². The van der Waals surface area contributed by atoms with Gasteiger partial charge in [-0.25, -0.2) is 4.39 Å². The molecule has 2 aromatic carbocycles. The standard InChI is InChI=1S/C21H20Cl2FN3O/c1-13-20(14(2)27(25-13)12-15-4-7-17(22)8-5-15)21(28)26(3)11-16-6-9-19(24)18(23)10-16/h4-10H,11-12H2,1-3H3. The lowest BCUT2D eigenvalue weighted by Gasteiger charge is -2.18. The Bertz CT molecular complexity index is 1020. The maximum atomic E-state index is 13.3. The summed E-state index contributed by atoms with van der Waals surface area (Å²) < 4.78 is 15.2. The number of carbonyl (C=O) groups is 1. The Morgan fingerprint density at radius 3 is 2.39 bits per heavy atom. The minimum Gasteiger partial charge on any atom is -0.337 e. The van der Waals surface area contributed by atoms with Gasteiger partial charge in [0.1, 0.15) is 5.82 Å². The van der Waals surface area contributed by atoms with E-state index in [4.69, 9.17) is 23.2 Å². The summed E-state index contributed by atoms with van der Waals surface area (Å²) in [5.74, 6) is -0.618. The average molecular weight is 420 g/mol. The predicted molar refractivity (Wildman–Crippen MR) is 109 cm³/mol. The number of aryl methyl sites for hydroxylation is 1. The van der Waals surface area contributed by atoms with Gasteiger partial charge in [0.15, 0.2) is 0 Å². The van der Waals surface area contributed by atoms with Gasteiger partial charge in [0, 0.05) is 24.3 Å². The molecule has 1 aromatic heterocycles. The molecule has 0 saturated carbocycles. The van der Waals surface area contributed by atoms with Crippen LogP contribution in [-0.4, -0.2) is 27.6 Å². The van der Waals surface area contributed by atoms with Crippen LogP contribution >= 0.6 is 23.2 Å². The number of aromatic nitrogens is 2. The summed E-state index contributed by atoms with van der Waals surface area (Å²) in [5.41, 5.74) is 3.83. The third-order valence-corrected chi connectivity index (χ3v) is 5.13. The Kier molecular flexibility index (Phi) is 6.06. The first kappa shape index (κ1) is 20.4. The van der Waals surface area contributed by atoms with Gasteiger partial charge in [-0.15, -0.1) is 0 Å². The highest BCUT2D eigenvalue weighted by molar-refractivity contribution is 6.31. The fraction of sp³-hybridized carbons (Fsp3) is 0.238. The first-order valence-electron chi connectivity index (χ1n) is 8.74. The van der Waals surface area contributed by atoms with Crippen LogP contribution in [0.3, 0.4) is 0 Å². The molecule has 0 unspecified atom stereocenters. The Labute approximate surface area is 173 Å². The van der Waals surface area contributed by atoms with E-state index in [0.717, 1.165) is 16.8 Å². The van der Waals surface area contributed by atoms with Gasteiger partial charge in [0.25, 0.3) is 5.91 Å². The van der Waals surface area contributed by atoms with E-state index in [2.05, 4.69) is 5.10 Å². The zero-order chi connectivity index (χ0) is 20.4. The van der Waals surface area contributed by atoms with Crippen LogP contribution in [0.5, 0.6) is 0 Å². The highest BCUT2D eigenvalue weighted by Crippen LogP contribution is 2.20. The molecule has 3 rings (SSSR count). The minimum atomic E-state index is -0.477. The first-order chi connectivity index (χ1) is 13.3. The number of halogens is 3. The average Bonchev–Trinajstić information content (AvgIpc) is 2.93. The van der Waals surface area contributed by atoms with E-state index >= 15 is 0 Å². The third-order valence-electron chi connectivity index (χ3n) is 4.59. The molecule has 0 aliphatic rings. The Morgan fingerprint density at radius 1 is 1.11 bits per heavy atom. The maximum Gasteiger partial charge on any atom is 0.257 e. The minimum absolute atomic E-state index is 0.0431. The van der Waals surface area contributed by atoms with Crippen molar-refractivity contribution in [2.24, 2.45) is 0 Å². The van der Waals surface area contributed by atoms with Crippen LogP contribution in [0, 0.1) is 19.7 Å². The summed E-state index contributed by atoms with van der Waals surface area (Å²) in [4.78, 5) is 14.6. The molecule has 1 amide bonds. The van der Waals surface area contributed by atoms with Crippen LogP contribution in [0.2, 0.25) is 10.0 Å². The van der Waals surface area contributed by atoms with Crippen LogP contribution in [0.15, 0.2) is 42.5 Å². The molecule has 0 spiro atoms. The molecule has 0 atom stereocenters. The normalized spacial score (nSPS) is 10.9. The number of hydrogen-bond donors (Lipinski definition) is 0. The molecule has 0 bridgehead atoms. The van der Waals surface area contributed by atoms with Gasteiger partial charge < -0.3 is 4.90 Å². The van der Waals surface area contributed by atoms with Crippen molar-refractivity contribution in [1.82, 2.24) is 14.7 Å². The summed E-state index contributed by atoms with van der Waals surface area (Å²) in [7, 11) is 1.70. The Hall–Kier alpha value is -2.37. The molecule has 0 fully saturated rings. The molecule has 0 aliphatic heterocycles. The molecule has 0 radical (unpaired) electrons. The highest BCUT2D eigenvalue weighted by Gasteiger charge is 2.22. The van der Waals surface area contributed by atoms with E-state index in [0.29, 0.717) is 29.4 Å². The van der Waals surface area contributed by atoms with Crippen molar-refractivity contribution in [3.8, 4) is 0 Å². The van der Waals surface area contributed by atoms with E-state index in [9.17, 15) is 9.18 Å². The molecule has 0 saturated heterocycles. The van der Waals surface area contributed by atoms with Gasteiger partial charge in [-0.3, -0.25) is 9.48 Å². The summed E-state index contributed by atoms with van der Waals surface area (Å²) in [6.45, 7) is 4.57. The highest BCUT2D eigenvalue weighted by atomic mass is 35.5. The van der Waals surface area contributed by atoms with Crippen molar-refractivity contribution >= 4 is 29.1 Å². The van der Waals surface area contributed by atoms with Crippen LogP contribution in [0.25, 0.3) is 0 Å². The molecule has 28 heavy (non-hydrogen) atoms. The van der Waals surface area contributed by atoms with Crippen molar-refractivity contribution in [1.29, 1.82) is 0 Å². The van der Waals surface area contributed by atoms with Gasteiger partial charge in [-0.2, -0.15) is 5.10 Å². The van der Waals surface area contributed by atoms with E-state index < -0.39 is 5.82 Å². The third kappa shape index (κ3) is 4.37. The van der Waals surface area contributed by atoms with Crippen molar-refractivity contribution in [3.05, 3.63) is 86.4 Å². The number of benzene rings is 2. The van der Waals surface area contributed by atoms with Gasteiger partial charge in [0.05, 0.1) is 22.8 Å². The fourth-order valence-electron chi connectivity index (χ4n) is 3.10. The number of nitrogens with zero attached hydrogens (tertiary/aromatic N) is 3. The quantitative estimate of drug-likeness (QED) is 0.564. The molecular formula is C21H20Cl2FN3O. The monoisotopic (exact) mass is 419 g/mol. The zero-order valence-electron chi connectivity index (χ0n) is 15.8. The molecule has 7 heteroatoms. The smallest absolute Gasteiger partial charge is 0.257 e. The van der Waals surface area contributed by atoms with Gasteiger partial charge in [-0.1, -0.05) is 41.4 Å². The lowest BCUT2D eigenvalue weighted by molar-refractivity contribution is 0.0783. The topological polar surface area (TPSA) is 38.1 Å². The molecule has 1 heterocycles. The number of amides is 1. The van der Waals surface area contributed by atoms with Crippen molar-refractivity contribution in [3.63, 3.8) is 0 Å². The Balaban J connectivity index is 1.80. The van der Waals surface area contributed by atoms with E-state index in [1.165, 1.54) is 12.1 Å². The largest absolute Gasteiger partial charge is 0.337 e. The second-order valence-electron chi connectivity index (χ2n) is 6.74. The van der Waals surface area contributed by atoms with E-state index in [1.807, 2.05) is 42.8 Å². The molecular weight excluding hydrogens is 400 g/mol. The van der Waals surface area contributed by atoms with E-state index in [-0.39, 0.29) is 10.9 Å². The van der Waals surface area contributed by atoms with Gasteiger partial charge in [0.2, 0.25) is 0 Å². The second-order valence-corrected chi connectivity index (χ2v) is 7.58.